The van der Waals surface area contributed by atoms with Crippen LogP contribution in [0.3, 0.4) is 0 Å². The van der Waals surface area contributed by atoms with Gasteiger partial charge in [-0.2, -0.15) is 0 Å². The number of para-hydroxylation sites is 1. The average molecular weight is 683 g/mol. The first-order valence-corrected chi connectivity index (χ1v) is 19.3. The average Bonchev–Trinajstić information content (AvgIpc) is 3.59. The van der Waals surface area contributed by atoms with Crippen LogP contribution in [0, 0.1) is 0 Å². The maximum atomic E-state index is 14.4. The van der Waals surface area contributed by atoms with Crippen LogP contribution < -0.4 is 13.8 Å². The lowest BCUT2D eigenvalue weighted by molar-refractivity contribution is 0.391. The van der Waals surface area contributed by atoms with Gasteiger partial charge in [0.05, 0.1) is 36.4 Å². The first-order valence-electron chi connectivity index (χ1n) is 12.9. The molecular weight excluding hydrogens is 650 g/mol. The number of benzene rings is 1. The highest BCUT2D eigenvalue weighted by molar-refractivity contribution is 9.10. The highest BCUT2D eigenvalue weighted by Crippen LogP contribution is 2.39. The fraction of sp³-hybridized carbons (Fsp3) is 0.370. The number of halogens is 2. The fourth-order valence-corrected chi connectivity index (χ4v) is 7.58. The Bertz CT molecular complexity index is 1590. The number of pyridine rings is 1. The van der Waals surface area contributed by atoms with Crippen molar-refractivity contribution in [3.63, 3.8) is 0 Å². The molecule has 10 nitrogen and oxygen atoms in total. The van der Waals surface area contributed by atoms with Crippen molar-refractivity contribution in [1.82, 2.24) is 19.7 Å². The summed E-state index contributed by atoms with van der Waals surface area (Å²) < 4.78 is 49.5. The van der Waals surface area contributed by atoms with Gasteiger partial charge >= 0.3 is 0 Å². The minimum Gasteiger partial charge on any atom is -0.494 e. The topological polar surface area (TPSA) is 113 Å². The molecule has 4 aromatic rings. The predicted octanol–water partition coefficient (Wildman–Crippen LogP) is 6.46. The molecule has 1 unspecified atom stereocenters. The molecule has 4 rings (SSSR count). The van der Waals surface area contributed by atoms with Gasteiger partial charge in [-0.3, -0.25) is 9.55 Å². The van der Waals surface area contributed by atoms with Crippen molar-refractivity contribution < 1.29 is 22.3 Å². The summed E-state index contributed by atoms with van der Waals surface area (Å²) in [7, 11) is -2.63. The number of hydrogen-bond acceptors (Lipinski definition) is 8. The van der Waals surface area contributed by atoms with Gasteiger partial charge in [0, 0.05) is 31.7 Å². The second-order valence-corrected chi connectivity index (χ2v) is 19.9. The van der Waals surface area contributed by atoms with Crippen LogP contribution in [0.4, 0.5) is 5.95 Å². The molecule has 220 valence electrons. The van der Waals surface area contributed by atoms with E-state index in [4.69, 9.17) is 25.5 Å². The Labute approximate surface area is 254 Å². The quantitative estimate of drug-likeness (QED) is 0.157. The Hall–Kier alpha value is -2.87. The first-order chi connectivity index (χ1) is 19.4. The van der Waals surface area contributed by atoms with Crippen molar-refractivity contribution >= 4 is 51.6 Å². The van der Waals surface area contributed by atoms with Crippen molar-refractivity contribution in [3.05, 3.63) is 64.0 Å². The van der Waals surface area contributed by atoms with E-state index in [1.807, 2.05) is 0 Å². The number of ether oxygens (including phenoxy) is 2. The van der Waals surface area contributed by atoms with E-state index in [9.17, 15) is 8.42 Å². The molecule has 1 atom stereocenters. The van der Waals surface area contributed by atoms with E-state index in [0.717, 1.165) is 0 Å². The zero-order valence-electron chi connectivity index (χ0n) is 23.8. The molecule has 1 aromatic carbocycles. The van der Waals surface area contributed by atoms with Crippen LogP contribution in [-0.4, -0.2) is 62.3 Å². The number of furan rings is 1. The van der Waals surface area contributed by atoms with Gasteiger partial charge in [0.25, 0.3) is 0 Å². The minimum atomic E-state index is -4.00. The molecule has 0 saturated heterocycles. The van der Waals surface area contributed by atoms with Crippen molar-refractivity contribution in [2.24, 2.45) is 0 Å². The third-order valence-electron chi connectivity index (χ3n) is 6.48. The molecule has 0 fully saturated rings. The minimum absolute atomic E-state index is 0.104. The molecule has 0 spiro atoms. The van der Waals surface area contributed by atoms with Crippen LogP contribution in [0.1, 0.15) is 12.6 Å². The van der Waals surface area contributed by atoms with E-state index in [1.54, 1.807) is 47.9 Å². The van der Waals surface area contributed by atoms with Gasteiger partial charge in [-0.25, -0.2) is 12.7 Å². The normalized spacial score (nSPS) is 12.8. The summed E-state index contributed by atoms with van der Waals surface area (Å²) in [5.41, 5.74) is 1.03. The standard InChI is InChI=1S/C27H33BrClN5O5SSi/c1-18(15-21-20(28)16-19(29)17-30-21)40(35,36)33(12-14-41(4,5)6)27-32-31-26(24-11-8-13-39-24)34(27)25-22(37-2)9-7-10-23(25)38-3/h7-11,13,16-18H,12,14-15H2,1-6H3. The number of nitrogens with zero attached hydrogens (tertiary/aromatic N) is 5. The highest BCUT2D eigenvalue weighted by atomic mass is 79.9. The maximum absolute atomic E-state index is 14.4. The SMILES string of the molecule is COc1cccc(OC)c1-n1c(-c2ccco2)nnc1N(CC[Si](C)(C)C)S(=O)(=O)C(C)Cc1ncc(Cl)cc1Br. The molecule has 3 heterocycles. The van der Waals surface area contributed by atoms with Gasteiger partial charge in [-0.05, 0) is 59.2 Å². The Morgan fingerprint density at radius 3 is 2.37 bits per heavy atom. The molecular formula is C27H33BrClN5O5SSi. The molecule has 0 N–H and O–H groups in total. The predicted molar refractivity (Wildman–Crippen MR) is 167 cm³/mol. The number of methoxy groups -OCH3 is 2. The molecule has 0 aliphatic heterocycles. The molecule has 0 radical (unpaired) electrons. The van der Waals surface area contributed by atoms with Crippen LogP contribution in [0.2, 0.25) is 30.7 Å². The largest absolute Gasteiger partial charge is 0.494 e. The summed E-state index contributed by atoms with van der Waals surface area (Å²) in [6.07, 6.45) is 3.18. The number of anilines is 1. The van der Waals surface area contributed by atoms with Gasteiger partial charge in [-0.15, -0.1) is 10.2 Å². The van der Waals surface area contributed by atoms with Gasteiger partial charge < -0.3 is 13.9 Å². The summed E-state index contributed by atoms with van der Waals surface area (Å²) in [5.74, 6) is 1.70. The molecule has 0 aliphatic rings. The zero-order valence-corrected chi connectivity index (χ0v) is 27.9. The molecule has 0 saturated carbocycles. The van der Waals surface area contributed by atoms with Gasteiger partial charge in [0.1, 0.15) is 17.2 Å². The van der Waals surface area contributed by atoms with E-state index >= 15 is 0 Å². The summed E-state index contributed by atoms with van der Waals surface area (Å²) in [5, 5.41) is 8.46. The van der Waals surface area contributed by atoms with Crippen LogP contribution in [0.5, 0.6) is 11.5 Å². The molecule has 3 aromatic heterocycles. The Kier molecular flexibility index (Phi) is 9.51. The van der Waals surface area contributed by atoms with Crippen LogP contribution in [0.25, 0.3) is 17.3 Å². The lowest BCUT2D eigenvalue weighted by Crippen LogP contribution is -2.42. The van der Waals surface area contributed by atoms with E-state index in [-0.39, 0.29) is 18.9 Å². The Morgan fingerprint density at radius 2 is 1.80 bits per heavy atom. The summed E-state index contributed by atoms with van der Waals surface area (Å²) in [6.45, 7) is 8.46. The molecule has 14 heteroatoms. The monoisotopic (exact) mass is 681 g/mol. The summed E-state index contributed by atoms with van der Waals surface area (Å²) >= 11 is 9.53. The van der Waals surface area contributed by atoms with Crippen molar-refractivity contribution in [3.8, 4) is 28.8 Å². The molecule has 0 amide bonds. The van der Waals surface area contributed by atoms with Crippen molar-refractivity contribution in [2.45, 2.75) is 44.3 Å². The van der Waals surface area contributed by atoms with Gasteiger partial charge in [0.15, 0.2) is 5.76 Å². The van der Waals surface area contributed by atoms with E-state index in [2.05, 4.69) is 50.8 Å². The number of aromatic nitrogens is 4. The number of rotatable bonds is 12. The maximum Gasteiger partial charge on any atom is 0.246 e. The molecule has 0 aliphatic carbocycles. The molecule has 41 heavy (non-hydrogen) atoms. The number of hydrogen-bond donors (Lipinski definition) is 0. The summed E-state index contributed by atoms with van der Waals surface area (Å²) in [4.78, 5) is 4.36. The lowest BCUT2D eigenvalue weighted by atomic mass is 10.2. The van der Waals surface area contributed by atoms with Gasteiger partial charge in [-0.1, -0.05) is 37.3 Å². The van der Waals surface area contributed by atoms with Gasteiger partial charge in [0.2, 0.25) is 21.8 Å². The first kappa shape index (κ1) is 31.1. The fourth-order valence-electron chi connectivity index (χ4n) is 4.23. The Balaban J connectivity index is 1.92. The van der Waals surface area contributed by atoms with Crippen LogP contribution in [-0.2, 0) is 16.4 Å². The van der Waals surface area contributed by atoms with Crippen LogP contribution >= 0.6 is 27.5 Å². The van der Waals surface area contributed by atoms with Crippen molar-refractivity contribution in [2.75, 3.05) is 25.1 Å². The second kappa shape index (κ2) is 12.6. The Morgan fingerprint density at radius 1 is 1.12 bits per heavy atom. The van der Waals surface area contributed by atoms with E-state index in [0.29, 0.717) is 50.0 Å². The number of sulfonamides is 1. The van der Waals surface area contributed by atoms with Crippen LogP contribution in [0.15, 0.2) is 57.7 Å². The third kappa shape index (κ3) is 6.79. The smallest absolute Gasteiger partial charge is 0.246 e. The lowest BCUT2D eigenvalue weighted by Gasteiger charge is -2.29. The highest BCUT2D eigenvalue weighted by Gasteiger charge is 2.37. The van der Waals surface area contributed by atoms with E-state index < -0.39 is 23.3 Å². The third-order valence-corrected chi connectivity index (χ3v) is 11.2. The van der Waals surface area contributed by atoms with Crippen molar-refractivity contribution in [1.29, 1.82) is 0 Å². The van der Waals surface area contributed by atoms with E-state index in [1.165, 1.54) is 31.0 Å². The molecule has 0 bridgehead atoms. The zero-order chi connectivity index (χ0) is 29.9. The summed E-state index contributed by atoms with van der Waals surface area (Å²) in [6, 6.07) is 11.2. The second-order valence-electron chi connectivity index (χ2n) is 10.7.